The van der Waals surface area contributed by atoms with Crippen molar-refractivity contribution in [2.24, 2.45) is 7.05 Å². The molecule has 7 heteroatoms. The normalized spacial score (nSPS) is 10.4. The molecule has 0 radical (unpaired) electrons. The molecule has 0 unspecified atom stereocenters. The van der Waals surface area contributed by atoms with E-state index in [0.29, 0.717) is 6.54 Å². The number of anilines is 1. The third-order valence-corrected chi connectivity index (χ3v) is 2.17. The molecular weight excluding hydrogens is 224 g/mol. The Kier molecular flexibility index (Phi) is 3.08. The van der Waals surface area contributed by atoms with Crippen LogP contribution in [0, 0.1) is 0 Å². The first-order chi connectivity index (χ1) is 8.15. The van der Waals surface area contributed by atoms with Gasteiger partial charge in [-0.3, -0.25) is 4.68 Å². The number of nitrogens with zero attached hydrogens (tertiary/aromatic N) is 3. The number of nitrogens with one attached hydrogen (secondary N) is 1. The van der Waals surface area contributed by atoms with Gasteiger partial charge in [0, 0.05) is 19.8 Å². The minimum Gasteiger partial charge on any atom is -0.476 e. The van der Waals surface area contributed by atoms with Gasteiger partial charge in [0.05, 0.1) is 6.20 Å². The van der Waals surface area contributed by atoms with Gasteiger partial charge in [-0.15, -0.1) is 0 Å². The number of oxazole rings is 1. The quantitative estimate of drug-likeness (QED) is 0.796. The molecule has 7 nitrogen and oxygen atoms in total. The second-order valence-corrected chi connectivity index (χ2v) is 3.54. The number of aryl methyl sites for hydroxylation is 1. The Morgan fingerprint density at radius 2 is 2.47 bits per heavy atom. The van der Waals surface area contributed by atoms with E-state index < -0.39 is 5.97 Å². The van der Waals surface area contributed by atoms with Gasteiger partial charge >= 0.3 is 5.97 Å². The first-order valence-electron chi connectivity index (χ1n) is 5.05. The summed E-state index contributed by atoms with van der Waals surface area (Å²) in [5, 5.41) is 15.6. The minimum absolute atomic E-state index is 0.103. The number of rotatable bonds is 5. The van der Waals surface area contributed by atoms with E-state index in [-0.39, 0.29) is 11.7 Å². The lowest BCUT2D eigenvalue weighted by molar-refractivity contribution is 0.0690. The second kappa shape index (κ2) is 4.69. The molecule has 2 aromatic heterocycles. The summed E-state index contributed by atoms with van der Waals surface area (Å²) in [6, 6.07) is 0.214. The van der Waals surface area contributed by atoms with Crippen molar-refractivity contribution >= 4 is 12.0 Å². The predicted molar refractivity (Wildman–Crippen MR) is 58.9 cm³/mol. The van der Waals surface area contributed by atoms with E-state index >= 15 is 0 Å². The summed E-state index contributed by atoms with van der Waals surface area (Å²) in [4.78, 5) is 14.3. The summed E-state index contributed by atoms with van der Waals surface area (Å²) in [5.41, 5.74) is 0.985. The summed E-state index contributed by atoms with van der Waals surface area (Å²) in [5.74, 6) is -1.10. The van der Waals surface area contributed by atoms with Crippen LogP contribution >= 0.6 is 0 Å². The van der Waals surface area contributed by atoms with Crippen molar-refractivity contribution in [3.05, 3.63) is 29.9 Å². The molecule has 0 atom stereocenters. The van der Waals surface area contributed by atoms with Crippen LogP contribution in [-0.2, 0) is 13.5 Å². The van der Waals surface area contributed by atoms with Gasteiger partial charge in [-0.2, -0.15) is 10.1 Å². The summed E-state index contributed by atoms with van der Waals surface area (Å²) >= 11 is 0. The van der Waals surface area contributed by atoms with Crippen LogP contribution in [0.15, 0.2) is 23.1 Å². The standard InChI is InChI=1S/C10H12N4O3/c1-14-5-7(4-12-14)2-3-11-10-13-8(6-17-10)9(15)16/h4-6H,2-3H2,1H3,(H,11,13)(H,15,16). The fourth-order valence-electron chi connectivity index (χ4n) is 1.37. The first-order valence-corrected chi connectivity index (χ1v) is 5.05. The first kappa shape index (κ1) is 11.2. The van der Waals surface area contributed by atoms with Crippen molar-refractivity contribution in [3.63, 3.8) is 0 Å². The monoisotopic (exact) mass is 236 g/mol. The highest BCUT2D eigenvalue weighted by molar-refractivity contribution is 5.85. The van der Waals surface area contributed by atoms with Crippen LogP contribution in [-0.4, -0.2) is 32.4 Å². The molecule has 0 fully saturated rings. The van der Waals surface area contributed by atoms with Crippen LogP contribution in [0.2, 0.25) is 0 Å². The van der Waals surface area contributed by atoms with E-state index in [1.165, 1.54) is 0 Å². The molecule has 17 heavy (non-hydrogen) atoms. The summed E-state index contributed by atoms with van der Waals surface area (Å²) in [7, 11) is 1.85. The number of aromatic nitrogens is 3. The zero-order valence-electron chi connectivity index (χ0n) is 9.25. The molecule has 0 bridgehead atoms. The van der Waals surface area contributed by atoms with E-state index in [2.05, 4.69) is 15.4 Å². The van der Waals surface area contributed by atoms with E-state index in [4.69, 9.17) is 9.52 Å². The SMILES string of the molecule is Cn1cc(CCNc2nc(C(=O)O)co2)cn1. The lowest BCUT2D eigenvalue weighted by Crippen LogP contribution is -2.05. The largest absolute Gasteiger partial charge is 0.476 e. The van der Waals surface area contributed by atoms with E-state index in [1.807, 2.05) is 13.2 Å². The van der Waals surface area contributed by atoms with Gasteiger partial charge in [0.1, 0.15) is 6.26 Å². The van der Waals surface area contributed by atoms with Gasteiger partial charge in [-0.25, -0.2) is 4.79 Å². The zero-order valence-corrected chi connectivity index (χ0v) is 9.25. The van der Waals surface area contributed by atoms with Crippen molar-refractivity contribution in [2.75, 3.05) is 11.9 Å². The van der Waals surface area contributed by atoms with Crippen molar-refractivity contribution in [2.45, 2.75) is 6.42 Å². The maximum absolute atomic E-state index is 10.6. The van der Waals surface area contributed by atoms with E-state index in [0.717, 1.165) is 18.2 Å². The average molecular weight is 236 g/mol. The molecular formula is C10H12N4O3. The molecule has 0 amide bonds. The molecule has 0 saturated carbocycles. The maximum Gasteiger partial charge on any atom is 0.357 e. The Balaban J connectivity index is 1.83. The van der Waals surface area contributed by atoms with Crippen molar-refractivity contribution in [1.82, 2.24) is 14.8 Å². The summed E-state index contributed by atoms with van der Waals surface area (Å²) in [6.07, 6.45) is 5.56. The molecule has 2 rings (SSSR count). The third-order valence-electron chi connectivity index (χ3n) is 2.17. The fourth-order valence-corrected chi connectivity index (χ4v) is 1.37. The van der Waals surface area contributed by atoms with Crippen LogP contribution < -0.4 is 5.32 Å². The van der Waals surface area contributed by atoms with Crippen molar-refractivity contribution in [3.8, 4) is 0 Å². The molecule has 0 spiro atoms. The van der Waals surface area contributed by atoms with Crippen molar-refractivity contribution < 1.29 is 14.3 Å². The third kappa shape index (κ3) is 2.83. The molecule has 0 aliphatic rings. The predicted octanol–water partition coefficient (Wildman–Crippen LogP) is 0.761. The molecule has 0 saturated heterocycles. The van der Waals surface area contributed by atoms with Gasteiger partial charge in [-0.05, 0) is 12.0 Å². The Morgan fingerprint density at radius 3 is 3.06 bits per heavy atom. The molecule has 90 valence electrons. The van der Waals surface area contributed by atoms with Crippen LogP contribution in [0.5, 0.6) is 0 Å². The highest BCUT2D eigenvalue weighted by Crippen LogP contribution is 2.07. The van der Waals surface area contributed by atoms with E-state index in [9.17, 15) is 4.79 Å². The topological polar surface area (TPSA) is 93.2 Å². The van der Waals surface area contributed by atoms with Gasteiger partial charge < -0.3 is 14.8 Å². The van der Waals surface area contributed by atoms with Crippen molar-refractivity contribution in [1.29, 1.82) is 0 Å². The average Bonchev–Trinajstić information content (AvgIpc) is 2.88. The Labute approximate surface area is 97.1 Å². The number of carboxylic acid groups (broad SMARTS) is 1. The molecule has 0 aliphatic carbocycles. The molecule has 0 aliphatic heterocycles. The number of aromatic carboxylic acids is 1. The smallest absolute Gasteiger partial charge is 0.357 e. The van der Waals surface area contributed by atoms with Crippen LogP contribution in [0.1, 0.15) is 16.1 Å². The Bertz CT molecular complexity index is 517. The highest BCUT2D eigenvalue weighted by atomic mass is 16.4. The van der Waals surface area contributed by atoms with Gasteiger partial charge in [0.25, 0.3) is 6.01 Å². The van der Waals surface area contributed by atoms with E-state index in [1.54, 1.807) is 10.9 Å². The number of hydrogen-bond acceptors (Lipinski definition) is 5. The lowest BCUT2D eigenvalue weighted by atomic mass is 10.2. The Hall–Kier alpha value is -2.31. The summed E-state index contributed by atoms with van der Waals surface area (Å²) in [6.45, 7) is 0.602. The van der Waals surface area contributed by atoms with Gasteiger partial charge in [0.15, 0.2) is 5.69 Å². The number of carbonyl (C=O) groups is 1. The number of hydrogen-bond donors (Lipinski definition) is 2. The molecule has 2 aromatic rings. The van der Waals surface area contributed by atoms with Crippen LogP contribution in [0.25, 0.3) is 0 Å². The lowest BCUT2D eigenvalue weighted by Gasteiger charge is -1.98. The fraction of sp³-hybridized carbons (Fsp3) is 0.300. The van der Waals surface area contributed by atoms with Gasteiger partial charge in [0.2, 0.25) is 0 Å². The van der Waals surface area contributed by atoms with Crippen LogP contribution in [0.4, 0.5) is 6.01 Å². The minimum atomic E-state index is -1.10. The number of carboxylic acids is 1. The van der Waals surface area contributed by atoms with Crippen LogP contribution in [0.3, 0.4) is 0 Å². The highest BCUT2D eigenvalue weighted by Gasteiger charge is 2.09. The molecule has 2 N–H and O–H groups in total. The maximum atomic E-state index is 10.6. The molecule has 0 aromatic carbocycles. The molecule has 2 heterocycles. The second-order valence-electron chi connectivity index (χ2n) is 3.54. The summed E-state index contributed by atoms with van der Waals surface area (Å²) < 4.78 is 6.67. The Morgan fingerprint density at radius 1 is 1.65 bits per heavy atom. The van der Waals surface area contributed by atoms with Gasteiger partial charge in [-0.1, -0.05) is 0 Å². The zero-order chi connectivity index (χ0) is 12.3.